The number of piperazine rings is 1. The highest BCUT2D eigenvalue weighted by molar-refractivity contribution is 5.85. The van der Waals surface area contributed by atoms with Gasteiger partial charge in [-0.25, -0.2) is 0 Å². The molecule has 1 heterocycles. The van der Waals surface area contributed by atoms with Gasteiger partial charge in [0.2, 0.25) is 0 Å². The fraction of sp³-hybridized carbons (Fsp3) is 0.571. The van der Waals surface area contributed by atoms with Crippen LogP contribution in [0, 0.1) is 10.1 Å². The highest BCUT2D eigenvalue weighted by atomic mass is 35.5. The summed E-state index contributed by atoms with van der Waals surface area (Å²) in [5.41, 5.74) is 1.36. The average Bonchev–Trinajstić information content (AvgIpc) is 2.46. The Hall–Kier alpha value is -0.880. The molecule has 1 aliphatic rings. The Balaban J connectivity index is 0.00000200. The van der Waals surface area contributed by atoms with Crippen molar-refractivity contribution in [3.8, 4) is 0 Å². The molecule has 0 radical (unpaired) electrons. The van der Waals surface area contributed by atoms with Gasteiger partial charge in [-0.2, -0.15) is 0 Å². The summed E-state index contributed by atoms with van der Waals surface area (Å²) in [6.07, 6.45) is 2.21. The zero-order chi connectivity index (χ0) is 13.7. The van der Waals surface area contributed by atoms with Crippen LogP contribution in [0.2, 0.25) is 0 Å². The van der Waals surface area contributed by atoms with E-state index in [0.717, 1.165) is 39.0 Å². The van der Waals surface area contributed by atoms with Crippen LogP contribution in [-0.4, -0.2) is 36.0 Å². The molecule has 1 aliphatic heterocycles. The summed E-state index contributed by atoms with van der Waals surface area (Å²) in [6, 6.07) is 7.41. The minimum absolute atomic E-state index is 0. The quantitative estimate of drug-likeness (QED) is 0.663. The van der Waals surface area contributed by atoms with Crippen LogP contribution in [0.1, 0.15) is 31.4 Å². The van der Waals surface area contributed by atoms with Crippen LogP contribution in [0.15, 0.2) is 24.3 Å². The Morgan fingerprint density at radius 3 is 2.29 bits per heavy atom. The molecule has 1 atom stereocenters. The second-order valence-electron chi connectivity index (χ2n) is 4.94. The Labute approximate surface area is 138 Å². The first-order valence-corrected chi connectivity index (χ1v) is 6.91. The monoisotopic (exact) mass is 335 g/mol. The fourth-order valence-corrected chi connectivity index (χ4v) is 2.65. The maximum Gasteiger partial charge on any atom is 0.269 e. The van der Waals surface area contributed by atoms with Crippen molar-refractivity contribution in [3.05, 3.63) is 39.9 Å². The summed E-state index contributed by atoms with van der Waals surface area (Å²) in [5.74, 6) is 0. The van der Waals surface area contributed by atoms with Gasteiger partial charge in [-0.05, 0) is 12.0 Å². The van der Waals surface area contributed by atoms with Crippen molar-refractivity contribution < 1.29 is 4.92 Å². The van der Waals surface area contributed by atoms with E-state index < -0.39 is 0 Å². The molecule has 0 bridgehead atoms. The zero-order valence-electron chi connectivity index (χ0n) is 12.2. The minimum atomic E-state index is -0.344. The molecule has 1 saturated heterocycles. The van der Waals surface area contributed by atoms with E-state index >= 15 is 0 Å². The summed E-state index contributed by atoms with van der Waals surface area (Å²) in [7, 11) is 0. The second-order valence-corrected chi connectivity index (χ2v) is 4.94. The first-order valence-electron chi connectivity index (χ1n) is 6.91. The number of nitrogens with zero attached hydrogens (tertiary/aromatic N) is 2. The predicted octanol–water partition coefficient (Wildman–Crippen LogP) is 3.18. The smallest absolute Gasteiger partial charge is 0.269 e. The number of nitro benzene ring substituents is 1. The number of halogens is 2. The molecule has 5 nitrogen and oxygen atoms in total. The maximum absolute atomic E-state index is 10.7. The minimum Gasteiger partial charge on any atom is -0.314 e. The van der Waals surface area contributed by atoms with Crippen molar-refractivity contribution in [2.24, 2.45) is 0 Å². The molecule has 1 N–H and O–H groups in total. The van der Waals surface area contributed by atoms with Crippen molar-refractivity contribution >= 4 is 30.5 Å². The molecule has 0 amide bonds. The number of nitro groups is 1. The van der Waals surface area contributed by atoms with Crippen LogP contribution >= 0.6 is 24.8 Å². The molecule has 0 aromatic heterocycles. The molecule has 0 spiro atoms. The van der Waals surface area contributed by atoms with Gasteiger partial charge < -0.3 is 5.32 Å². The molecule has 2 rings (SSSR count). The molecular formula is C14H23Cl2N3O2. The standard InChI is InChI=1S/C14H21N3O2.2ClH/c1-2-3-14(16-10-8-15-9-11-16)12-4-6-13(7-5-12)17(18)19;;/h4-7,14-15H,2-3,8-11H2,1H3;2*1H/t14-;;/m1../s1. The molecule has 7 heteroatoms. The number of non-ortho nitro benzene ring substituents is 1. The largest absolute Gasteiger partial charge is 0.314 e. The Morgan fingerprint density at radius 2 is 1.81 bits per heavy atom. The maximum atomic E-state index is 10.7. The third-order valence-electron chi connectivity index (χ3n) is 3.64. The lowest BCUT2D eigenvalue weighted by molar-refractivity contribution is -0.384. The lowest BCUT2D eigenvalue weighted by Crippen LogP contribution is -2.45. The van der Waals surface area contributed by atoms with E-state index in [1.54, 1.807) is 12.1 Å². The van der Waals surface area contributed by atoms with Gasteiger partial charge in [-0.3, -0.25) is 15.0 Å². The Morgan fingerprint density at radius 1 is 1.24 bits per heavy atom. The van der Waals surface area contributed by atoms with Gasteiger partial charge in [-0.15, -0.1) is 24.8 Å². The zero-order valence-corrected chi connectivity index (χ0v) is 13.8. The van der Waals surface area contributed by atoms with Gasteiger partial charge in [0.05, 0.1) is 4.92 Å². The van der Waals surface area contributed by atoms with Gasteiger partial charge in [-0.1, -0.05) is 25.5 Å². The third kappa shape index (κ3) is 5.43. The van der Waals surface area contributed by atoms with Crippen molar-refractivity contribution in [2.45, 2.75) is 25.8 Å². The van der Waals surface area contributed by atoms with Crippen molar-refractivity contribution in [1.29, 1.82) is 0 Å². The van der Waals surface area contributed by atoms with Crippen LogP contribution in [0.5, 0.6) is 0 Å². The summed E-state index contributed by atoms with van der Waals surface area (Å²) in [5, 5.41) is 14.1. The summed E-state index contributed by atoms with van der Waals surface area (Å²) in [4.78, 5) is 12.8. The number of rotatable bonds is 5. The predicted molar refractivity (Wildman–Crippen MR) is 89.7 cm³/mol. The molecule has 0 unspecified atom stereocenters. The van der Waals surface area contributed by atoms with E-state index in [0.29, 0.717) is 6.04 Å². The molecular weight excluding hydrogens is 313 g/mol. The molecule has 0 aliphatic carbocycles. The van der Waals surface area contributed by atoms with Crippen molar-refractivity contribution in [1.82, 2.24) is 10.2 Å². The summed E-state index contributed by atoms with van der Waals surface area (Å²) < 4.78 is 0. The fourth-order valence-electron chi connectivity index (χ4n) is 2.65. The van der Waals surface area contributed by atoms with Crippen LogP contribution in [-0.2, 0) is 0 Å². The Bertz CT molecular complexity index is 423. The van der Waals surface area contributed by atoms with Crippen molar-refractivity contribution in [2.75, 3.05) is 26.2 Å². The third-order valence-corrected chi connectivity index (χ3v) is 3.64. The van der Waals surface area contributed by atoms with E-state index in [1.165, 1.54) is 5.56 Å². The van der Waals surface area contributed by atoms with Gasteiger partial charge in [0, 0.05) is 44.4 Å². The van der Waals surface area contributed by atoms with E-state index in [1.807, 2.05) is 12.1 Å². The number of benzene rings is 1. The van der Waals surface area contributed by atoms with Gasteiger partial charge in [0.1, 0.15) is 0 Å². The average molecular weight is 336 g/mol. The molecule has 1 aromatic rings. The number of hydrogen-bond acceptors (Lipinski definition) is 4. The summed E-state index contributed by atoms with van der Waals surface area (Å²) >= 11 is 0. The van der Waals surface area contributed by atoms with Crippen LogP contribution in [0.25, 0.3) is 0 Å². The van der Waals surface area contributed by atoms with Gasteiger partial charge in [0.15, 0.2) is 0 Å². The highest BCUT2D eigenvalue weighted by Gasteiger charge is 2.21. The second kappa shape index (κ2) is 9.95. The first kappa shape index (κ1) is 20.1. The Kier molecular flexibility index (Phi) is 9.53. The normalized spacial score (nSPS) is 16.4. The van der Waals surface area contributed by atoms with Crippen LogP contribution < -0.4 is 5.32 Å². The van der Waals surface area contributed by atoms with E-state index in [-0.39, 0.29) is 35.4 Å². The first-order chi connectivity index (χ1) is 9.22. The van der Waals surface area contributed by atoms with E-state index in [2.05, 4.69) is 17.1 Å². The number of nitrogens with one attached hydrogen (secondary N) is 1. The van der Waals surface area contributed by atoms with Crippen LogP contribution in [0.3, 0.4) is 0 Å². The topological polar surface area (TPSA) is 58.4 Å². The van der Waals surface area contributed by atoms with Crippen molar-refractivity contribution in [3.63, 3.8) is 0 Å². The van der Waals surface area contributed by atoms with Crippen LogP contribution in [0.4, 0.5) is 5.69 Å². The van der Waals surface area contributed by atoms with Gasteiger partial charge in [0.25, 0.3) is 5.69 Å². The lowest BCUT2D eigenvalue weighted by Gasteiger charge is -2.35. The summed E-state index contributed by atoms with van der Waals surface area (Å²) in [6.45, 7) is 6.31. The molecule has 21 heavy (non-hydrogen) atoms. The molecule has 1 aromatic carbocycles. The van der Waals surface area contributed by atoms with E-state index in [4.69, 9.17) is 0 Å². The number of hydrogen-bond donors (Lipinski definition) is 1. The molecule has 120 valence electrons. The van der Waals surface area contributed by atoms with E-state index in [9.17, 15) is 10.1 Å². The van der Waals surface area contributed by atoms with Gasteiger partial charge >= 0.3 is 0 Å². The highest BCUT2D eigenvalue weighted by Crippen LogP contribution is 2.27. The molecule has 1 fully saturated rings. The molecule has 0 saturated carbocycles. The lowest BCUT2D eigenvalue weighted by atomic mass is 9.99. The SMILES string of the molecule is CCC[C@H](c1ccc([N+](=O)[O-])cc1)N1CCNCC1.Cl.Cl.